The average molecular weight is 537 g/mol. The molecule has 198 valence electrons. The third kappa shape index (κ3) is 5.07. The second-order valence-corrected chi connectivity index (χ2v) is 10.6. The largest absolute Gasteiger partial charge is 0.497 e. The molecule has 2 aliphatic rings. The number of hydrogen-bond donors (Lipinski definition) is 0. The quantitative estimate of drug-likeness (QED) is 0.261. The summed E-state index contributed by atoms with van der Waals surface area (Å²) in [6.45, 7) is 5.03. The number of hydrogen-bond acceptors (Lipinski definition) is 7. The van der Waals surface area contributed by atoms with E-state index in [1.807, 2.05) is 30.3 Å². The summed E-state index contributed by atoms with van der Waals surface area (Å²) in [7, 11) is 3.40. The van der Waals surface area contributed by atoms with Gasteiger partial charge in [0.2, 0.25) is 5.13 Å². The minimum Gasteiger partial charge on any atom is -0.497 e. The molecule has 3 heterocycles. The molecular weight excluding hydrogens is 504 g/mol. The van der Waals surface area contributed by atoms with Crippen LogP contribution < -0.4 is 14.5 Å². The van der Waals surface area contributed by atoms with Crippen LogP contribution in [0.2, 0.25) is 0 Å². The number of ether oxygens (including phenoxy) is 2. The Balaban J connectivity index is 1.43. The molecule has 6 nitrogen and oxygen atoms in total. The molecule has 0 aliphatic carbocycles. The van der Waals surface area contributed by atoms with Crippen LogP contribution in [-0.4, -0.2) is 49.4 Å². The van der Waals surface area contributed by atoms with Gasteiger partial charge in [0.05, 0.1) is 31.7 Å². The molecule has 0 amide bonds. The van der Waals surface area contributed by atoms with E-state index in [-0.39, 0.29) is 12.0 Å². The second kappa shape index (κ2) is 11.0. The number of anilines is 1. The number of thiazole rings is 1. The maximum Gasteiger partial charge on any atom is 0.207 e. The van der Waals surface area contributed by atoms with Crippen LogP contribution >= 0.6 is 11.3 Å². The summed E-state index contributed by atoms with van der Waals surface area (Å²) in [5.74, 6) is 1.92. The Morgan fingerprint density at radius 2 is 1.62 bits per heavy atom. The van der Waals surface area contributed by atoms with Gasteiger partial charge in [-0.05, 0) is 53.6 Å². The highest BCUT2D eigenvalue weighted by atomic mass is 32.1. The number of likely N-dealkylation sites (N-methyl/N-ethyl adjacent to an activating group) is 1. The summed E-state index contributed by atoms with van der Waals surface area (Å²) in [6.07, 6.45) is 2.28. The highest BCUT2D eigenvalue weighted by molar-refractivity contribution is 7.14. The fourth-order valence-electron chi connectivity index (χ4n) is 5.43. The van der Waals surface area contributed by atoms with Crippen molar-refractivity contribution >= 4 is 28.3 Å². The number of rotatable bonds is 7. The first-order chi connectivity index (χ1) is 19.2. The van der Waals surface area contributed by atoms with Crippen LogP contribution in [0, 0.1) is 5.92 Å². The molecule has 1 aromatic heterocycles. The van der Waals surface area contributed by atoms with Gasteiger partial charge in [0, 0.05) is 30.0 Å². The van der Waals surface area contributed by atoms with Gasteiger partial charge in [-0.2, -0.15) is 5.10 Å². The molecule has 0 saturated carbocycles. The molecule has 3 aromatic carbocycles. The van der Waals surface area contributed by atoms with E-state index in [1.54, 1.807) is 25.6 Å². The topological polar surface area (TPSA) is 50.2 Å². The van der Waals surface area contributed by atoms with Crippen molar-refractivity contribution < 1.29 is 9.47 Å². The van der Waals surface area contributed by atoms with Gasteiger partial charge < -0.3 is 9.47 Å². The Hall–Kier alpha value is -3.94. The van der Waals surface area contributed by atoms with Crippen molar-refractivity contribution in [3.05, 3.63) is 101 Å². The highest BCUT2D eigenvalue weighted by Crippen LogP contribution is 2.45. The van der Waals surface area contributed by atoms with Gasteiger partial charge in [0.25, 0.3) is 0 Å². The molecule has 0 spiro atoms. The lowest BCUT2D eigenvalue weighted by molar-refractivity contribution is 0.265. The smallest absolute Gasteiger partial charge is 0.207 e. The predicted molar refractivity (Wildman–Crippen MR) is 160 cm³/mol. The standard InChI is InChI=1S/C32H32N4O2S/c1-4-35-19-25(18-22-10-14-26(37-2)15-11-22)30-28(20-35)31(24-12-16-27(38-3)17-13-24)36(34-30)32-33-29(21-39-32)23-8-6-5-7-9-23/h5-18,21,28,31H,4,19-20H2,1-3H3/b25-18+. The molecule has 1 saturated heterocycles. The van der Waals surface area contributed by atoms with Crippen molar-refractivity contribution in [2.24, 2.45) is 11.0 Å². The zero-order valence-corrected chi connectivity index (χ0v) is 23.3. The van der Waals surface area contributed by atoms with Crippen LogP contribution in [0.1, 0.15) is 24.1 Å². The van der Waals surface area contributed by atoms with E-state index in [9.17, 15) is 0 Å². The first-order valence-corrected chi connectivity index (χ1v) is 14.1. The molecule has 2 aliphatic heterocycles. The lowest BCUT2D eigenvalue weighted by atomic mass is 9.83. The first-order valence-electron chi connectivity index (χ1n) is 13.3. The van der Waals surface area contributed by atoms with Crippen molar-refractivity contribution in [1.82, 2.24) is 9.88 Å². The van der Waals surface area contributed by atoms with Gasteiger partial charge in [-0.1, -0.05) is 61.5 Å². The lowest BCUT2D eigenvalue weighted by Gasteiger charge is -2.35. The maximum absolute atomic E-state index is 5.46. The van der Waals surface area contributed by atoms with Crippen LogP contribution in [0.5, 0.6) is 11.5 Å². The Bertz CT molecular complexity index is 1480. The number of hydrazone groups is 1. The van der Waals surface area contributed by atoms with Gasteiger partial charge in [-0.25, -0.2) is 9.99 Å². The summed E-state index contributed by atoms with van der Waals surface area (Å²) in [5, 5.41) is 10.5. The molecule has 0 N–H and O–H groups in total. The SMILES string of the molecule is CCN1C/C(=C\c2ccc(OC)cc2)C2=NN(c3nc(-c4ccccc4)cs3)C(c3ccc(OC)cc3)C2C1. The first kappa shape index (κ1) is 25.3. The maximum atomic E-state index is 5.46. The van der Waals surface area contributed by atoms with Crippen molar-refractivity contribution in [3.63, 3.8) is 0 Å². The van der Waals surface area contributed by atoms with E-state index in [0.29, 0.717) is 0 Å². The highest BCUT2D eigenvalue weighted by Gasteiger charge is 2.44. The number of likely N-dealkylation sites (tertiary alicyclic amines) is 1. The Labute approximate surface area is 233 Å². The van der Waals surface area contributed by atoms with Gasteiger partial charge in [-0.3, -0.25) is 4.90 Å². The van der Waals surface area contributed by atoms with E-state index in [1.165, 1.54) is 11.1 Å². The minimum absolute atomic E-state index is 0.0364. The normalized spacial score (nSPS) is 20.1. The number of aromatic nitrogens is 1. The molecule has 2 atom stereocenters. The van der Waals surface area contributed by atoms with E-state index >= 15 is 0 Å². The summed E-state index contributed by atoms with van der Waals surface area (Å²) in [6, 6.07) is 27.0. The monoisotopic (exact) mass is 536 g/mol. The van der Waals surface area contributed by atoms with Crippen molar-refractivity contribution in [2.45, 2.75) is 13.0 Å². The molecule has 7 heteroatoms. The number of methoxy groups -OCH3 is 2. The molecule has 1 fully saturated rings. The molecule has 4 aromatic rings. The van der Waals surface area contributed by atoms with Crippen molar-refractivity contribution in [3.8, 4) is 22.8 Å². The number of benzene rings is 3. The van der Waals surface area contributed by atoms with Gasteiger partial charge in [-0.15, -0.1) is 11.3 Å². The van der Waals surface area contributed by atoms with Gasteiger partial charge in [0.1, 0.15) is 11.5 Å². The molecule has 0 radical (unpaired) electrons. The van der Waals surface area contributed by atoms with Crippen LogP contribution in [0.25, 0.3) is 17.3 Å². The minimum atomic E-state index is 0.0364. The molecule has 2 unspecified atom stereocenters. The van der Waals surface area contributed by atoms with Crippen LogP contribution in [0.4, 0.5) is 5.13 Å². The Morgan fingerprint density at radius 3 is 2.28 bits per heavy atom. The fraction of sp³-hybridized carbons (Fsp3) is 0.250. The van der Waals surface area contributed by atoms with Crippen LogP contribution in [0.3, 0.4) is 0 Å². The number of piperidine rings is 1. The summed E-state index contributed by atoms with van der Waals surface area (Å²) < 4.78 is 10.8. The number of fused-ring (bicyclic) bond motifs is 1. The fourth-order valence-corrected chi connectivity index (χ4v) is 6.25. The summed E-state index contributed by atoms with van der Waals surface area (Å²) in [4.78, 5) is 7.57. The van der Waals surface area contributed by atoms with Crippen molar-refractivity contribution in [2.75, 3.05) is 38.9 Å². The lowest BCUT2D eigenvalue weighted by Crippen LogP contribution is -2.43. The van der Waals surface area contributed by atoms with E-state index in [0.717, 1.165) is 58.8 Å². The molecular formula is C32H32N4O2S. The molecule has 39 heavy (non-hydrogen) atoms. The van der Waals surface area contributed by atoms with Gasteiger partial charge in [0.15, 0.2) is 0 Å². The summed E-state index contributed by atoms with van der Waals surface area (Å²) >= 11 is 1.65. The average Bonchev–Trinajstić information content (AvgIpc) is 3.64. The molecule has 6 rings (SSSR count). The predicted octanol–water partition coefficient (Wildman–Crippen LogP) is 6.78. The third-order valence-electron chi connectivity index (χ3n) is 7.51. The second-order valence-electron chi connectivity index (χ2n) is 9.81. The Kier molecular flexibility index (Phi) is 7.18. The zero-order valence-electron chi connectivity index (χ0n) is 22.4. The van der Waals surface area contributed by atoms with Crippen LogP contribution in [-0.2, 0) is 0 Å². The van der Waals surface area contributed by atoms with E-state index < -0.39 is 0 Å². The van der Waals surface area contributed by atoms with Crippen LogP contribution in [0.15, 0.2) is 94.9 Å². The Morgan fingerprint density at radius 1 is 0.923 bits per heavy atom. The van der Waals surface area contributed by atoms with Crippen molar-refractivity contribution in [1.29, 1.82) is 0 Å². The summed E-state index contributed by atoms with van der Waals surface area (Å²) in [5.41, 5.74) is 6.83. The zero-order chi connectivity index (χ0) is 26.8. The van der Waals surface area contributed by atoms with Gasteiger partial charge >= 0.3 is 0 Å². The van der Waals surface area contributed by atoms with E-state index in [4.69, 9.17) is 19.6 Å². The molecule has 0 bridgehead atoms. The number of nitrogens with zero attached hydrogens (tertiary/aromatic N) is 4. The third-order valence-corrected chi connectivity index (χ3v) is 8.34. The van der Waals surface area contributed by atoms with E-state index in [2.05, 4.69) is 76.8 Å².